The van der Waals surface area contributed by atoms with Crippen LogP contribution in [0.25, 0.3) is 0 Å². The van der Waals surface area contributed by atoms with Crippen LogP contribution < -0.4 is 10.1 Å². The van der Waals surface area contributed by atoms with Gasteiger partial charge in [-0.15, -0.1) is 0 Å². The van der Waals surface area contributed by atoms with E-state index in [4.69, 9.17) is 9.84 Å². The van der Waals surface area contributed by atoms with Crippen molar-refractivity contribution in [2.45, 2.75) is 6.92 Å². The average molecular weight is 286 g/mol. The van der Waals surface area contributed by atoms with E-state index in [2.05, 4.69) is 10.3 Å². The number of carboxylic acids is 1. The van der Waals surface area contributed by atoms with Crippen molar-refractivity contribution in [3.63, 3.8) is 0 Å². The second-order valence-electron chi connectivity index (χ2n) is 4.34. The number of pyridine rings is 1. The van der Waals surface area contributed by atoms with Gasteiger partial charge in [-0.2, -0.15) is 0 Å². The molecule has 0 aliphatic rings. The van der Waals surface area contributed by atoms with Gasteiger partial charge in [-0.3, -0.25) is 9.78 Å². The van der Waals surface area contributed by atoms with Crippen LogP contribution in [-0.2, 0) is 0 Å². The third kappa shape index (κ3) is 3.36. The van der Waals surface area contributed by atoms with Crippen molar-refractivity contribution in [1.82, 2.24) is 10.3 Å². The predicted molar refractivity (Wildman–Crippen MR) is 75.8 cm³/mol. The van der Waals surface area contributed by atoms with E-state index in [-0.39, 0.29) is 17.2 Å². The zero-order chi connectivity index (χ0) is 15.4. The first-order chi connectivity index (χ1) is 10.0. The summed E-state index contributed by atoms with van der Waals surface area (Å²) < 4.78 is 5.62. The molecule has 2 aromatic rings. The van der Waals surface area contributed by atoms with Crippen LogP contribution in [0.4, 0.5) is 0 Å². The van der Waals surface area contributed by atoms with Gasteiger partial charge in [0.25, 0.3) is 5.91 Å². The number of amides is 1. The Morgan fingerprint density at radius 3 is 2.52 bits per heavy atom. The molecule has 1 aromatic carbocycles. The van der Waals surface area contributed by atoms with E-state index in [0.29, 0.717) is 17.1 Å². The third-order valence-electron chi connectivity index (χ3n) is 2.86. The number of aromatic carboxylic acids is 1. The Morgan fingerprint density at radius 1 is 1.19 bits per heavy atom. The monoisotopic (exact) mass is 286 g/mol. The van der Waals surface area contributed by atoms with Gasteiger partial charge < -0.3 is 15.2 Å². The van der Waals surface area contributed by atoms with Crippen LogP contribution in [0.2, 0.25) is 0 Å². The lowest BCUT2D eigenvalue weighted by atomic mass is 10.1. The SMILES string of the molecule is CNC(=O)c1cc(Oc2ccc(C(=O)O)c(C)c2)ccn1. The maximum atomic E-state index is 11.5. The van der Waals surface area contributed by atoms with Crippen LogP contribution in [0.3, 0.4) is 0 Å². The summed E-state index contributed by atoms with van der Waals surface area (Å²) in [6.45, 7) is 1.69. The van der Waals surface area contributed by atoms with Crippen molar-refractivity contribution < 1.29 is 19.4 Å². The molecule has 0 fully saturated rings. The number of nitrogens with zero attached hydrogens (tertiary/aromatic N) is 1. The van der Waals surface area contributed by atoms with Crippen molar-refractivity contribution in [3.8, 4) is 11.5 Å². The number of aryl methyl sites for hydroxylation is 1. The molecule has 0 aliphatic carbocycles. The summed E-state index contributed by atoms with van der Waals surface area (Å²) in [4.78, 5) is 26.4. The summed E-state index contributed by atoms with van der Waals surface area (Å²) in [6, 6.07) is 7.81. The van der Waals surface area contributed by atoms with Crippen molar-refractivity contribution in [2.24, 2.45) is 0 Å². The van der Waals surface area contributed by atoms with Crippen LogP contribution in [0, 0.1) is 6.92 Å². The van der Waals surface area contributed by atoms with Gasteiger partial charge in [-0.05, 0) is 36.8 Å². The molecule has 2 N–H and O–H groups in total. The molecule has 6 nitrogen and oxygen atoms in total. The van der Waals surface area contributed by atoms with E-state index < -0.39 is 5.97 Å². The normalized spacial score (nSPS) is 10.0. The van der Waals surface area contributed by atoms with Crippen molar-refractivity contribution in [1.29, 1.82) is 0 Å². The van der Waals surface area contributed by atoms with Crippen LogP contribution >= 0.6 is 0 Å². The fourth-order valence-electron chi connectivity index (χ4n) is 1.80. The molecule has 6 heteroatoms. The molecule has 2 rings (SSSR count). The molecule has 0 saturated heterocycles. The van der Waals surface area contributed by atoms with Gasteiger partial charge in [0.2, 0.25) is 0 Å². The van der Waals surface area contributed by atoms with Crippen molar-refractivity contribution >= 4 is 11.9 Å². The van der Waals surface area contributed by atoms with E-state index in [9.17, 15) is 9.59 Å². The van der Waals surface area contributed by atoms with E-state index in [1.165, 1.54) is 25.4 Å². The highest BCUT2D eigenvalue weighted by molar-refractivity contribution is 5.92. The number of hydrogen-bond donors (Lipinski definition) is 2. The smallest absolute Gasteiger partial charge is 0.335 e. The van der Waals surface area contributed by atoms with E-state index in [1.54, 1.807) is 25.1 Å². The van der Waals surface area contributed by atoms with E-state index in [1.807, 2.05) is 0 Å². The molecular weight excluding hydrogens is 272 g/mol. The minimum Gasteiger partial charge on any atom is -0.478 e. The summed E-state index contributed by atoms with van der Waals surface area (Å²) >= 11 is 0. The van der Waals surface area contributed by atoms with E-state index in [0.717, 1.165) is 0 Å². The first-order valence-electron chi connectivity index (χ1n) is 6.21. The van der Waals surface area contributed by atoms with Crippen molar-refractivity contribution in [3.05, 3.63) is 53.3 Å². The maximum Gasteiger partial charge on any atom is 0.335 e. The Bertz CT molecular complexity index is 698. The van der Waals surface area contributed by atoms with Crippen LogP contribution in [0.1, 0.15) is 26.4 Å². The predicted octanol–water partition coefficient (Wildman–Crippen LogP) is 2.24. The van der Waals surface area contributed by atoms with Gasteiger partial charge in [-0.1, -0.05) is 0 Å². The lowest BCUT2D eigenvalue weighted by molar-refractivity contribution is 0.0696. The first-order valence-corrected chi connectivity index (χ1v) is 6.21. The van der Waals surface area contributed by atoms with Gasteiger partial charge in [0.15, 0.2) is 0 Å². The summed E-state index contributed by atoms with van der Waals surface area (Å²) in [5.74, 6) is -0.347. The Labute approximate surface area is 121 Å². The molecular formula is C15H14N2O4. The number of carbonyl (C=O) groups excluding carboxylic acids is 1. The Balaban J connectivity index is 2.24. The summed E-state index contributed by atoms with van der Waals surface area (Å²) in [5, 5.41) is 11.5. The zero-order valence-electron chi connectivity index (χ0n) is 11.6. The minimum absolute atomic E-state index is 0.225. The number of carboxylic acid groups (broad SMARTS) is 1. The number of rotatable bonds is 4. The number of ether oxygens (including phenoxy) is 1. The molecule has 0 bridgehead atoms. The molecule has 1 amide bonds. The Morgan fingerprint density at radius 2 is 1.90 bits per heavy atom. The number of benzene rings is 1. The van der Waals surface area contributed by atoms with Gasteiger partial charge >= 0.3 is 5.97 Å². The highest BCUT2D eigenvalue weighted by Gasteiger charge is 2.10. The van der Waals surface area contributed by atoms with Gasteiger partial charge in [0.1, 0.15) is 17.2 Å². The van der Waals surface area contributed by atoms with Gasteiger partial charge in [0.05, 0.1) is 5.56 Å². The number of carbonyl (C=O) groups is 2. The Kier molecular flexibility index (Phi) is 4.18. The number of aromatic nitrogens is 1. The lowest BCUT2D eigenvalue weighted by Crippen LogP contribution is -2.18. The third-order valence-corrected chi connectivity index (χ3v) is 2.86. The molecule has 0 spiro atoms. The zero-order valence-corrected chi connectivity index (χ0v) is 11.6. The largest absolute Gasteiger partial charge is 0.478 e. The van der Waals surface area contributed by atoms with Gasteiger partial charge in [-0.25, -0.2) is 4.79 Å². The highest BCUT2D eigenvalue weighted by Crippen LogP contribution is 2.24. The van der Waals surface area contributed by atoms with Gasteiger partial charge in [0, 0.05) is 19.3 Å². The molecule has 1 aromatic heterocycles. The van der Waals surface area contributed by atoms with Crippen LogP contribution in [-0.4, -0.2) is 29.0 Å². The summed E-state index contributed by atoms with van der Waals surface area (Å²) in [7, 11) is 1.52. The molecule has 0 atom stereocenters. The topological polar surface area (TPSA) is 88.5 Å². The molecule has 108 valence electrons. The summed E-state index contributed by atoms with van der Waals surface area (Å²) in [5.41, 5.74) is 1.07. The van der Waals surface area contributed by atoms with Crippen LogP contribution in [0.5, 0.6) is 11.5 Å². The quantitative estimate of drug-likeness (QED) is 0.899. The molecule has 1 heterocycles. The van der Waals surface area contributed by atoms with Crippen molar-refractivity contribution in [2.75, 3.05) is 7.05 Å². The highest BCUT2D eigenvalue weighted by atomic mass is 16.5. The molecule has 21 heavy (non-hydrogen) atoms. The lowest BCUT2D eigenvalue weighted by Gasteiger charge is -2.08. The Hall–Kier alpha value is -2.89. The fraction of sp³-hybridized carbons (Fsp3) is 0.133. The first kappa shape index (κ1) is 14.5. The number of nitrogens with one attached hydrogen (secondary N) is 1. The standard InChI is InChI=1S/C15H14N2O4/c1-9-7-10(3-4-12(9)15(19)20)21-11-5-6-17-13(8-11)14(18)16-2/h3-8H,1-2H3,(H,16,18)(H,19,20). The molecule has 0 aliphatic heterocycles. The second-order valence-corrected chi connectivity index (χ2v) is 4.34. The second kappa shape index (κ2) is 6.04. The maximum absolute atomic E-state index is 11.5. The molecule has 0 saturated carbocycles. The molecule has 0 radical (unpaired) electrons. The summed E-state index contributed by atoms with van der Waals surface area (Å²) in [6.07, 6.45) is 1.47. The van der Waals surface area contributed by atoms with Crippen LogP contribution in [0.15, 0.2) is 36.5 Å². The average Bonchev–Trinajstić information content (AvgIpc) is 2.46. The van der Waals surface area contributed by atoms with E-state index >= 15 is 0 Å². The molecule has 0 unspecified atom stereocenters. The minimum atomic E-state index is -0.982. The fourth-order valence-corrected chi connectivity index (χ4v) is 1.80. The number of hydrogen-bond acceptors (Lipinski definition) is 4.